The Morgan fingerprint density at radius 1 is 1.21 bits per heavy atom. The largest absolute Gasteiger partial charge is 0.348 e. The van der Waals surface area contributed by atoms with Crippen LogP contribution in [0.3, 0.4) is 0 Å². The third-order valence-electron chi connectivity index (χ3n) is 4.89. The van der Waals surface area contributed by atoms with Gasteiger partial charge in [0.1, 0.15) is 0 Å². The van der Waals surface area contributed by atoms with E-state index < -0.39 is 0 Å². The summed E-state index contributed by atoms with van der Waals surface area (Å²) >= 11 is 0. The molecule has 0 aliphatic carbocycles. The standard InChI is InChI=1S/C22H24N6O/c1-14-9-16(3)28(26-14)12-15(2)24-22(29)19-10-21(17-11-23-27(4)13-17)25-20-8-6-5-7-18(19)20/h5-11,13,15H,12H2,1-4H3,(H,24,29)/t15-/m0/s1. The second-order valence-electron chi connectivity index (χ2n) is 7.46. The van der Waals surface area contributed by atoms with Crippen LogP contribution >= 0.6 is 0 Å². The number of hydrogen-bond acceptors (Lipinski definition) is 4. The summed E-state index contributed by atoms with van der Waals surface area (Å²) in [6.45, 7) is 6.59. The van der Waals surface area contributed by atoms with Crippen molar-refractivity contribution in [1.29, 1.82) is 0 Å². The first kappa shape index (κ1) is 18.9. The lowest BCUT2D eigenvalue weighted by Crippen LogP contribution is -2.36. The normalized spacial score (nSPS) is 12.3. The molecule has 3 heterocycles. The first-order valence-electron chi connectivity index (χ1n) is 9.61. The Balaban J connectivity index is 1.64. The van der Waals surface area contributed by atoms with E-state index in [9.17, 15) is 4.79 Å². The van der Waals surface area contributed by atoms with Crippen LogP contribution in [0.25, 0.3) is 22.2 Å². The van der Waals surface area contributed by atoms with Gasteiger partial charge in [-0.2, -0.15) is 10.2 Å². The number of hydrogen-bond donors (Lipinski definition) is 1. The number of benzene rings is 1. The van der Waals surface area contributed by atoms with Crippen molar-refractivity contribution in [2.75, 3.05) is 0 Å². The zero-order valence-electron chi connectivity index (χ0n) is 17.0. The summed E-state index contributed by atoms with van der Waals surface area (Å²) in [6.07, 6.45) is 3.65. The van der Waals surface area contributed by atoms with Crippen molar-refractivity contribution < 1.29 is 4.79 Å². The average molecular weight is 388 g/mol. The van der Waals surface area contributed by atoms with Crippen LogP contribution in [0, 0.1) is 13.8 Å². The van der Waals surface area contributed by atoms with E-state index in [0.29, 0.717) is 12.1 Å². The molecule has 0 fully saturated rings. The smallest absolute Gasteiger partial charge is 0.252 e. The molecule has 0 bridgehead atoms. The summed E-state index contributed by atoms with van der Waals surface area (Å²) in [6, 6.07) is 11.5. The quantitative estimate of drug-likeness (QED) is 0.569. The topological polar surface area (TPSA) is 77.6 Å². The van der Waals surface area contributed by atoms with Crippen LogP contribution in [0.5, 0.6) is 0 Å². The van der Waals surface area contributed by atoms with Crippen molar-refractivity contribution in [3.05, 3.63) is 65.7 Å². The molecule has 0 spiro atoms. The zero-order valence-corrected chi connectivity index (χ0v) is 17.0. The van der Waals surface area contributed by atoms with Gasteiger partial charge < -0.3 is 5.32 Å². The molecule has 0 saturated carbocycles. The lowest BCUT2D eigenvalue weighted by atomic mass is 10.0. The molecule has 0 aliphatic rings. The molecule has 7 heteroatoms. The number of carbonyl (C=O) groups is 1. The van der Waals surface area contributed by atoms with Crippen LogP contribution in [0.1, 0.15) is 28.7 Å². The molecule has 1 N–H and O–H groups in total. The van der Waals surface area contributed by atoms with Crippen LogP contribution in [-0.4, -0.2) is 36.5 Å². The highest BCUT2D eigenvalue weighted by atomic mass is 16.1. The van der Waals surface area contributed by atoms with E-state index in [4.69, 9.17) is 4.98 Å². The number of nitrogens with one attached hydrogen (secondary N) is 1. The summed E-state index contributed by atoms with van der Waals surface area (Å²) in [4.78, 5) is 17.9. The molecule has 29 heavy (non-hydrogen) atoms. The van der Waals surface area contributed by atoms with Crippen LogP contribution in [0.4, 0.5) is 0 Å². The van der Waals surface area contributed by atoms with Gasteiger partial charge in [-0.3, -0.25) is 14.2 Å². The molecule has 1 amide bonds. The number of aromatic nitrogens is 5. The van der Waals surface area contributed by atoms with Gasteiger partial charge in [-0.1, -0.05) is 18.2 Å². The van der Waals surface area contributed by atoms with Crippen molar-refractivity contribution in [2.24, 2.45) is 7.05 Å². The predicted octanol–water partition coefficient (Wildman–Crippen LogP) is 3.27. The minimum absolute atomic E-state index is 0.0748. The molecule has 0 saturated heterocycles. The van der Waals surface area contributed by atoms with Gasteiger partial charge in [-0.15, -0.1) is 0 Å². The van der Waals surface area contributed by atoms with Crippen molar-refractivity contribution in [1.82, 2.24) is 29.9 Å². The maximum Gasteiger partial charge on any atom is 0.252 e. The lowest BCUT2D eigenvalue weighted by Gasteiger charge is -2.16. The maximum atomic E-state index is 13.1. The molecule has 3 aromatic heterocycles. The second-order valence-corrected chi connectivity index (χ2v) is 7.46. The summed E-state index contributed by atoms with van der Waals surface area (Å²) < 4.78 is 3.65. The first-order chi connectivity index (χ1) is 13.9. The van der Waals surface area contributed by atoms with E-state index in [-0.39, 0.29) is 11.9 Å². The molecular formula is C22H24N6O. The number of aryl methyl sites for hydroxylation is 3. The van der Waals surface area contributed by atoms with Gasteiger partial charge in [-0.05, 0) is 39.0 Å². The minimum Gasteiger partial charge on any atom is -0.348 e. The van der Waals surface area contributed by atoms with Crippen LogP contribution in [0.15, 0.2) is 48.8 Å². The first-order valence-corrected chi connectivity index (χ1v) is 9.61. The number of rotatable bonds is 5. The number of amides is 1. The summed E-state index contributed by atoms with van der Waals surface area (Å²) in [5, 5.41) is 12.6. The maximum absolute atomic E-state index is 13.1. The Labute approximate surface area is 169 Å². The fraction of sp³-hybridized carbons (Fsp3) is 0.273. The van der Waals surface area contributed by atoms with Crippen molar-refractivity contribution in [2.45, 2.75) is 33.4 Å². The molecular weight excluding hydrogens is 364 g/mol. The third kappa shape index (κ3) is 3.89. The number of fused-ring (bicyclic) bond motifs is 1. The minimum atomic E-state index is -0.122. The Morgan fingerprint density at radius 2 is 2.00 bits per heavy atom. The van der Waals surface area contributed by atoms with E-state index in [1.165, 1.54) is 0 Å². The van der Waals surface area contributed by atoms with Crippen molar-refractivity contribution >= 4 is 16.8 Å². The SMILES string of the molecule is Cc1cc(C)n(C[C@H](C)NC(=O)c2cc(-c3cnn(C)c3)nc3ccccc23)n1. The molecule has 4 aromatic rings. The molecule has 1 atom stereocenters. The van der Waals surface area contributed by atoms with Gasteiger partial charge in [0.25, 0.3) is 5.91 Å². The van der Waals surface area contributed by atoms with Crippen molar-refractivity contribution in [3.8, 4) is 11.3 Å². The van der Waals surface area contributed by atoms with E-state index in [1.807, 2.05) is 75.1 Å². The second kappa shape index (κ2) is 7.50. The fourth-order valence-corrected chi connectivity index (χ4v) is 3.53. The average Bonchev–Trinajstić information content (AvgIpc) is 3.25. The molecule has 0 radical (unpaired) electrons. The van der Waals surface area contributed by atoms with Gasteiger partial charge in [0.05, 0.1) is 35.2 Å². The predicted molar refractivity (Wildman–Crippen MR) is 113 cm³/mol. The van der Waals surface area contributed by atoms with Gasteiger partial charge in [-0.25, -0.2) is 4.98 Å². The van der Waals surface area contributed by atoms with Crippen LogP contribution in [-0.2, 0) is 13.6 Å². The zero-order chi connectivity index (χ0) is 20.5. The van der Waals surface area contributed by atoms with E-state index in [2.05, 4.69) is 15.5 Å². The highest BCUT2D eigenvalue weighted by Crippen LogP contribution is 2.24. The Bertz CT molecular complexity index is 1190. The highest BCUT2D eigenvalue weighted by molar-refractivity contribution is 6.07. The summed E-state index contributed by atoms with van der Waals surface area (Å²) in [5.74, 6) is -0.122. The Morgan fingerprint density at radius 3 is 2.69 bits per heavy atom. The van der Waals surface area contributed by atoms with Gasteiger partial charge in [0.2, 0.25) is 0 Å². The van der Waals surface area contributed by atoms with Crippen LogP contribution < -0.4 is 5.32 Å². The molecule has 4 rings (SSSR count). The molecule has 1 aromatic carbocycles. The van der Waals surface area contributed by atoms with E-state index >= 15 is 0 Å². The molecule has 0 unspecified atom stereocenters. The number of para-hydroxylation sites is 1. The van der Waals surface area contributed by atoms with Gasteiger partial charge in [0, 0.05) is 35.9 Å². The van der Waals surface area contributed by atoms with E-state index in [0.717, 1.165) is 33.5 Å². The molecule has 7 nitrogen and oxygen atoms in total. The number of pyridine rings is 1. The van der Waals surface area contributed by atoms with Gasteiger partial charge in [0.15, 0.2) is 0 Å². The van der Waals surface area contributed by atoms with E-state index in [1.54, 1.807) is 10.9 Å². The number of nitrogens with zero attached hydrogens (tertiary/aromatic N) is 5. The van der Waals surface area contributed by atoms with Crippen LogP contribution in [0.2, 0.25) is 0 Å². The molecule has 148 valence electrons. The monoisotopic (exact) mass is 388 g/mol. The summed E-state index contributed by atoms with van der Waals surface area (Å²) in [7, 11) is 1.86. The summed E-state index contributed by atoms with van der Waals surface area (Å²) in [5.41, 5.74) is 5.05. The highest BCUT2D eigenvalue weighted by Gasteiger charge is 2.17. The lowest BCUT2D eigenvalue weighted by molar-refractivity contribution is 0.0937. The fourth-order valence-electron chi connectivity index (χ4n) is 3.53. The molecule has 0 aliphatic heterocycles. The van der Waals surface area contributed by atoms with Gasteiger partial charge >= 0.3 is 0 Å². The Kier molecular flexibility index (Phi) is 4.88. The number of carbonyl (C=O) groups excluding carboxylic acids is 1. The Hall–Kier alpha value is -3.48. The van der Waals surface area contributed by atoms with Crippen molar-refractivity contribution in [3.63, 3.8) is 0 Å². The third-order valence-corrected chi connectivity index (χ3v) is 4.89.